The molecule has 0 spiro atoms. The van der Waals surface area contributed by atoms with Crippen molar-refractivity contribution in [2.75, 3.05) is 5.73 Å². The number of anilines is 1. The molecular formula is C13H20ClN3O. The number of hydrogen-bond acceptors (Lipinski definition) is 3. The van der Waals surface area contributed by atoms with Crippen molar-refractivity contribution in [3.8, 4) is 0 Å². The SMILES string of the molecule is CCCCC(CC)NC(=O)c1ccc(Cl)nc1N. The molecule has 0 aliphatic heterocycles. The van der Waals surface area contributed by atoms with Crippen LogP contribution in [0, 0.1) is 0 Å². The van der Waals surface area contributed by atoms with Gasteiger partial charge in [0.05, 0.1) is 5.56 Å². The van der Waals surface area contributed by atoms with E-state index in [0.29, 0.717) is 10.7 Å². The summed E-state index contributed by atoms with van der Waals surface area (Å²) in [5.41, 5.74) is 6.07. The number of hydrogen-bond donors (Lipinski definition) is 2. The van der Waals surface area contributed by atoms with E-state index < -0.39 is 0 Å². The van der Waals surface area contributed by atoms with Crippen LogP contribution in [0.25, 0.3) is 0 Å². The number of aromatic nitrogens is 1. The Balaban J connectivity index is 2.68. The second kappa shape index (κ2) is 7.21. The second-order valence-corrected chi connectivity index (χ2v) is 4.67. The monoisotopic (exact) mass is 269 g/mol. The summed E-state index contributed by atoms with van der Waals surface area (Å²) in [6.07, 6.45) is 4.12. The third-order valence-corrected chi connectivity index (χ3v) is 3.08. The Morgan fingerprint density at radius 3 is 2.78 bits per heavy atom. The molecule has 0 bridgehead atoms. The third-order valence-electron chi connectivity index (χ3n) is 2.87. The molecule has 100 valence electrons. The summed E-state index contributed by atoms with van der Waals surface area (Å²) in [7, 11) is 0. The lowest BCUT2D eigenvalue weighted by molar-refractivity contribution is 0.0934. The first kappa shape index (κ1) is 14.8. The first-order valence-electron chi connectivity index (χ1n) is 6.31. The van der Waals surface area contributed by atoms with Crippen LogP contribution in [0.4, 0.5) is 5.82 Å². The van der Waals surface area contributed by atoms with E-state index in [-0.39, 0.29) is 17.8 Å². The molecule has 4 nitrogen and oxygen atoms in total. The first-order chi connectivity index (χ1) is 8.58. The highest BCUT2D eigenvalue weighted by molar-refractivity contribution is 6.29. The number of nitrogens with two attached hydrogens (primary N) is 1. The minimum atomic E-state index is -0.181. The van der Waals surface area contributed by atoms with Crippen molar-refractivity contribution in [1.29, 1.82) is 0 Å². The summed E-state index contributed by atoms with van der Waals surface area (Å²) in [4.78, 5) is 15.9. The molecule has 3 N–H and O–H groups in total. The van der Waals surface area contributed by atoms with Crippen LogP contribution in [0.2, 0.25) is 5.15 Å². The Morgan fingerprint density at radius 1 is 1.50 bits per heavy atom. The highest BCUT2D eigenvalue weighted by Crippen LogP contribution is 2.14. The van der Waals surface area contributed by atoms with Crippen molar-refractivity contribution >= 4 is 23.3 Å². The highest BCUT2D eigenvalue weighted by atomic mass is 35.5. The minimum Gasteiger partial charge on any atom is -0.383 e. The number of nitrogens with zero attached hydrogens (tertiary/aromatic N) is 1. The lowest BCUT2D eigenvalue weighted by atomic mass is 10.1. The van der Waals surface area contributed by atoms with Gasteiger partial charge in [0.25, 0.3) is 5.91 Å². The van der Waals surface area contributed by atoms with E-state index in [9.17, 15) is 4.79 Å². The molecule has 5 heteroatoms. The van der Waals surface area contributed by atoms with Gasteiger partial charge in [0.1, 0.15) is 11.0 Å². The number of carbonyl (C=O) groups excluding carboxylic acids is 1. The maximum Gasteiger partial charge on any atom is 0.255 e. The molecule has 0 saturated heterocycles. The van der Waals surface area contributed by atoms with Gasteiger partial charge in [-0.2, -0.15) is 0 Å². The van der Waals surface area contributed by atoms with Gasteiger partial charge in [0, 0.05) is 6.04 Å². The Hall–Kier alpha value is -1.29. The fourth-order valence-electron chi connectivity index (χ4n) is 1.73. The molecule has 0 aliphatic rings. The van der Waals surface area contributed by atoms with Crippen LogP contribution >= 0.6 is 11.6 Å². The van der Waals surface area contributed by atoms with Gasteiger partial charge in [0.2, 0.25) is 0 Å². The quantitative estimate of drug-likeness (QED) is 0.780. The van der Waals surface area contributed by atoms with Crippen molar-refractivity contribution in [2.24, 2.45) is 0 Å². The average Bonchev–Trinajstić information content (AvgIpc) is 2.34. The Kier molecular flexibility index (Phi) is 5.92. The lowest BCUT2D eigenvalue weighted by Gasteiger charge is -2.17. The number of rotatable bonds is 6. The molecule has 0 saturated carbocycles. The van der Waals surface area contributed by atoms with Crippen LogP contribution in [0.3, 0.4) is 0 Å². The van der Waals surface area contributed by atoms with Gasteiger partial charge >= 0.3 is 0 Å². The summed E-state index contributed by atoms with van der Waals surface area (Å²) in [6.45, 7) is 4.19. The Bertz CT molecular complexity index is 409. The zero-order valence-electron chi connectivity index (χ0n) is 10.9. The van der Waals surface area contributed by atoms with Gasteiger partial charge < -0.3 is 11.1 Å². The molecule has 1 aromatic rings. The molecule has 1 unspecified atom stereocenters. The van der Waals surface area contributed by atoms with Crippen molar-refractivity contribution < 1.29 is 4.79 Å². The zero-order chi connectivity index (χ0) is 13.5. The summed E-state index contributed by atoms with van der Waals surface area (Å²) in [6, 6.07) is 3.36. The maximum absolute atomic E-state index is 12.0. The normalized spacial score (nSPS) is 12.2. The molecule has 1 heterocycles. The summed E-state index contributed by atoms with van der Waals surface area (Å²) >= 11 is 5.70. The van der Waals surface area contributed by atoms with Crippen LogP contribution in [0.5, 0.6) is 0 Å². The third kappa shape index (κ3) is 4.18. The summed E-state index contributed by atoms with van der Waals surface area (Å²) < 4.78 is 0. The Labute approximate surface area is 113 Å². The van der Waals surface area contributed by atoms with Gasteiger partial charge in [-0.25, -0.2) is 4.98 Å². The summed E-state index contributed by atoms with van der Waals surface area (Å²) in [5, 5.41) is 3.27. The molecule has 0 fully saturated rings. The van der Waals surface area contributed by atoms with Crippen molar-refractivity contribution in [3.05, 3.63) is 22.8 Å². The van der Waals surface area contributed by atoms with Crippen LogP contribution in [0.1, 0.15) is 49.9 Å². The lowest BCUT2D eigenvalue weighted by Crippen LogP contribution is -2.34. The maximum atomic E-state index is 12.0. The first-order valence-corrected chi connectivity index (χ1v) is 6.69. The number of unbranched alkanes of at least 4 members (excludes halogenated alkanes) is 1. The Morgan fingerprint density at radius 2 is 2.22 bits per heavy atom. The van der Waals surface area contributed by atoms with Crippen LogP contribution in [-0.4, -0.2) is 16.9 Å². The second-order valence-electron chi connectivity index (χ2n) is 4.29. The standard InChI is InChI=1S/C13H20ClN3O/c1-3-5-6-9(4-2)16-13(18)10-7-8-11(14)17-12(10)15/h7-9H,3-6H2,1-2H3,(H2,15,17)(H,16,18). The van der Waals surface area contributed by atoms with Gasteiger partial charge in [-0.15, -0.1) is 0 Å². The summed E-state index contributed by atoms with van der Waals surface area (Å²) in [5.74, 6) is -0.00929. The molecule has 0 aliphatic carbocycles. The van der Waals surface area contributed by atoms with Crippen molar-refractivity contribution in [1.82, 2.24) is 10.3 Å². The molecule has 1 amide bonds. The number of nitrogen functional groups attached to an aromatic ring is 1. The van der Waals surface area contributed by atoms with Crippen LogP contribution in [0.15, 0.2) is 12.1 Å². The number of pyridine rings is 1. The van der Waals surface area contributed by atoms with E-state index in [4.69, 9.17) is 17.3 Å². The van der Waals surface area contributed by atoms with E-state index in [2.05, 4.69) is 24.1 Å². The average molecular weight is 270 g/mol. The smallest absolute Gasteiger partial charge is 0.255 e. The van der Waals surface area contributed by atoms with E-state index >= 15 is 0 Å². The van der Waals surface area contributed by atoms with Gasteiger partial charge in [0.15, 0.2) is 0 Å². The molecule has 18 heavy (non-hydrogen) atoms. The molecular weight excluding hydrogens is 250 g/mol. The van der Waals surface area contributed by atoms with Crippen LogP contribution in [-0.2, 0) is 0 Å². The number of carbonyl (C=O) groups is 1. The zero-order valence-corrected chi connectivity index (χ0v) is 11.6. The number of halogens is 1. The van der Waals surface area contributed by atoms with E-state index in [1.807, 2.05) is 0 Å². The predicted octanol–water partition coefficient (Wildman–Crippen LogP) is 3.02. The van der Waals surface area contributed by atoms with E-state index in [1.54, 1.807) is 12.1 Å². The fourth-order valence-corrected chi connectivity index (χ4v) is 1.89. The van der Waals surface area contributed by atoms with Gasteiger partial charge in [-0.1, -0.05) is 38.3 Å². The van der Waals surface area contributed by atoms with E-state index in [0.717, 1.165) is 25.7 Å². The molecule has 1 aromatic heterocycles. The topological polar surface area (TPSA) is 68.0 Å². The highest BCUT2D eigenvalue weighted by Gasteiger charge is 2.15. The largest absolute Gasteiger partial charge is 0.383 e. The number of nitrogens with one attached hydrogen (secondary N) is 1. The van der Waals surface area contributed by atoms with Crippen molar-refractivity contribution in [3.63, 3.8) is 0 Å². The van der Waals surface area contributed by atoms with E-state index in [1.165, 1.54) is 0 Å². The van der Waals surface area contributed by atoms with Gasteiger partial charge in [-0.3, -0.25) is 4.79 Å². The minimum absolute atomic E-state index is 0.172. The number of amides is 1. The van der Waals surface area contributed by atoms with Crippen LogP contribution < -0.4 is 11.1 Å². The predicted molar refractivity (Wildman–Crippen MR) is 74.7 cm³/mol. The fraction of sp³-hybridized carbons (Fsp3) is 0.538. The molecule has 1 atom stereocenters. The molecule has 0 aromatic carbocycles. The molecule has 0 radical (unpaired) electrons. The van der Waals surface area contributed by atoms with Gasteiger partial charge in [-0.05, 0) is 25.0 Å². The molecule has 1 rings (SSSR count). The van der Waals surface area contributed by atoms with Crippen molar-refractivity contribution in [2.45, 2.75) is 45.6 Å².